The number of rotatable bonds is 4. The molecule has 4 heteroatoms. The maximum absolute atomic E-state index is 10.7. The summed E-state index contributed by atoms with van der Waals surface area (Å²) in [4.78, 5) is 21.4. The molecular formula is C20H26N2O2. The van der Waals surface area contributed by atoms with Gasteiger partial charge in [0.05, 0.1) is 12.1 Å². The molecule has 2 aromatic rings. The van der Waals surface area contributed by atoms with Gasteiger partial charge in [-0.15, -0.1) is 0 Å². The van der Waals surface area contributed by atoms with E-state index in [-0.39, 0.29) is 23.9 Å². The first-order chi connectivity index (χ1) is 11.4. The fraction of sp³-hybridized carbons (Fsp3) is 0.300. The van der Waals surface area contributed by atoms with Crippen LogP contribution in [0.2, 0.25) is 0 Å². The fourth-order valence-corrected chi connectivity index (χ4v) is 2.26. The summed E-state index contributed by atoms with van der Waals surface area (Å²) in [6.07, 6.45) is 0. The largest absolute Gasteiger partial charge is 0.350 e. The Morgan fingerprint density at radius 2 is 0.958 bits per heavy atom. The van der Waals surface area contributed by atoms with E-state index < -0.39 is 0 Å². The monoisotopic (exact) mass is 326 g/mol. The first kappa shape index (κ1) is 19.4. The average Bonchev–Trinajstić information content (AvgIpc) is 2.56. The molecule has 0 aliphatic carbocycles. The minimum absolute atomic E-state index is 0.00588. The third-order valence-corrected chi connectivity index (χ3v) is 3.44. The van der Waals surface area contributed by atoms with Gasteiger partial charge in [-0.3, -0.25) is 9.59 Å². The van der Waals surface area contributed by atoms with Gasteiger partial charge in [0.1, 0.15) is 0 Å². The number of nitrogens with one attached hydrogen (secondary N) is 2. The molecule has 2 rings (SSSR count). The minimum atomic E-state index is 0.00588. The van der Waals surface area contributed by atoms with Gasteiger partial charge in [-0.25, -0.2) is 0 Å². The van der Waals surface area contributed by atoms with Crippen molar-refractivity contribution in [2.45, 2.75) is 39.8 Å². The van der Waals surface area contributed by atoms with Crippen LogP contribution < -0.4 is 10.6 Å². The predicted octanol–water partition coefficient (Wildman–Crippen LogP) is 3.77. The van der Waals surface area contributed by atoms with Crippen molar-refractivity contribution in [2.75, 3.05) is 0 Å². The molecular weight excluding hydrogens is 300 g/mol. The van der Waals surface area contributed by atoms with Crippen LogP contribution in [0.5, 0.6) is 0 Å². The SMILES string of the molecule is CC(=O)N[C@@H](C)c1ccccc1.CC(=O)N[C@H](C)c1ccccc1. The number of benzene rings is 2. The van der Waals surface area contributed by atoms with Gasteiger partial charge < -0.3 is 10.6 Å². The summed E-state index contributed by atoms with van der Waals surface area (Å²) < 4.78 is 0. The number of hydrogen-bond donors (Lipinski definition) is 2. The van der Waals surface area contributed by atoms with Crippen LogP contribution in [-0.2, 0) is 9.59 Å². The molecule has 0 saturated carbocycles. The summed E-state index contributed by atoms with van der Waals surface area (Å²) in [5.41, 5.74) is 2.26. The lowest BCUT2D eigenvalue weighted by Crippen LogP contribution is -2.23. The molecule has 2 N–H and O–H groups in total. The van der Waals surface area contributed by atoms with E-state index in [1.807, 2.05) is 74.5 Å². The molecule has 2 aromatic carbocycles. The van der Waals surface area contributed by atoms with E-state index in [1.54, 1.807) is 0 Å². The quantitative estimate of drug-likeness (QED) is 0.898. The third kappa shape index (κ3) is 7.58. The van der Waals surface area contributed by atoms with E-state index in [9.17, 15) is 9.59 Å². The zero-order valence-corrected chi connectivity index (χ0v) is 14.7. The summed E-state index contributed by atoms with van der Waals surface area (Å²) in [6.45, 7) is 6.99. The number of carbonyl (C=O) groups is 2. The van der Waals surface area contributed by atoms with Gasteiger partial charge in [0, 0.05) is 13.8 Å². The maximum atomic E-state index is 10.7. The van der Waals surface area contributed by atoms with Crippen molar-refractivity contribution in [3.8, 4) is 0 Å². The molecule has 0 aliphatic heterocycles. The Bertz CT molecular complexity index is 569. The van der Waals surface area contributed by atoms with Crippen LogP contribution >= 0.6 is 0 Å². The smallest absolute Gasteiger partial charge is 0.217 e. The molecule has 0 radical (unpaired) electrons. The molecule has 128 valence electrons. The van der Waals surface area contributed by atoms with Crippen molar-refractivity contribution in [2.24, 2.45) is 0 Å². The van der Waals surface area contributed by atoms with Crippen molar-refractivity contribution >= 4 is 11.8 Å². The standard InChI is InChI=1S/2C10H13NO/c2*1-8(11-9(2)12)10-6-4-3-5-7-10/h2*3-8H,1-2H3,(H,11,12)/t2*8-/m10/s1. The first-order valence-corrected chi connectivity index (χ1v) is 8.04. The van der Waals surface area contributed by atoms with Crippen molar-refractivity contribution in [3.63, 3.8) is 0 Å². The van der Waals surface area contributed by atoms with Crippen molar-refractivity contribution < 1.29 is 9.59 Å². The van der Waals surface area contributed by atoms with E-state index in [2.05, 4.69) is 10.6 Å². The molecule has 0 aromatic heterocycles. The molecule has 0 unspecified atom stereocenters. The van der Waals surface area contributed by atoms with E-state index in [0.717, 1.165) is 11.1 Å². The normalized spacial score (nSPS) is 12.2. The molecule has 0 aliphatic rings. The lowest BCUT2D eigenvalue weighted by molar-refractivity contribution is -0.120. The van der Waals surface area contributed by atoms with E-state index >= 15 is 0 Å². The van der Waals surface area contributed by atoms with Gasteiger partial charge in [-0.05, 0) is 25.0 Å². The zero-order valence-electron chi connectivity index (χ0n) is 14.7. The molecule has 0 spiro atoms. The molecule has 4 nitrogen and oxygen atoms in total. The molecule has 24 heavy (non-hydrogen) atoms. The maximum Gasteiger partial charge on any atom is 0.217 e. The van der Waals surface area contributed by atoms with Crippen LogP contribution in [0, 0.1) is 0 Å². The van der Waals surface area contributed by atoms with E-state index in [4.69, 9.17) is 0 Å². The van der Waals surface area contributed by atoms with E-state index in [0.29, 0.717) is 0 Å². The molecule has 0 fully saturated rings. The van der Waals surface area contributed by atoms with Crippen LogP contribution in [0.3, 0.4) is 0 Å². The minimum Gasteiger partial charge on any atom is -0.350 e. The Labute approximate surface area is 144 Å². The average molecular weight is 326 g/mol. The second-order valence-electron chi connectivity index (χ2n) is 5.67. The summed E-state index contributed by atoms with van der Waals surface area (Å²) in [6, 6.07) is 20.0. The van der Waals surface area contributed by atoms with Crippen molar-refractivity contribution in [1.82, 2.24) is 10.6 Å². The van der Waals surface area contributed by atoms with Crippen LogP contribution in [0.1, 0.15) is 50.9 Å². The Kier molecular flexibility index (Phi) is 8.26. The van der Waals surface area contributed by atoms with Crippen LogP contribution in [0.15, 0.2) is 60.7 Å². The van der Waals surface area contributed by atoms with Gasteiger partial charge in [-0.1, -0.05) is 60.7 Å². The van der Waals surface area contributed by atoms with Gasteiger partial charge in [0.15, 0.2) is 0 Å². The van der Waals surface area contributed by atoms with Gasteiger partial charge in [0.2, 0.25) is 11.8 Å². The molecule has 2 amide bonds. The molecule has 0 bridgehead atoms. The summed E-state index contributed by atoms with van der Waals surface area (Å²) in [5.74, 6) is 0.0118. The highest BCUT2D eigenvalue weighted by atomic mass is 16.2. The van der Waals surface area contributed by atoms with Gasteiger partial charge in [-0.2, -0.15) is 0 Å². The highest BCUT2D eigenvalue weighted by Gasteiger charge is 2.04. The number of amides is 2. The number of carbonyl (C=O) groups excluding carboxylic acids is 2. The lowest BCUT2D eigenvalue weighted by Gasteiger charge is -2.11. The molecule has 0 heterocycles. The van der Waals surface area contributed by atoms with Crippen molar-refractivity contribution in [1.29, 1.82) is 0 Å². The Hall–Kier alpha value is -2.62. The third-order valence-electron chi connectivity index (χ3n) is 3.44. The fourth-order valence-electron chi connectivity index (χ4n) is 2.26. The van der Waals surface area contributed by atoms with Crippen LogP contribution in [-0.4, -0.2) is 11.8 Å². The van der Waals surface area contributed by atoms with Gasteiger partial charge >= 0.3 is 0 Å². The lowest BCUT2D eigenvalue weighted by atomic mass is 10.1. The van der Waals surface area contributed by atoms with Crippen molar-refractivity contribution in [3.05, 3.63) is 71.8 Å². The number of hydrogen-bond acceptors (Lipinski definition) is 2. The Morgan fingerprint density at radius 3 is 1.21 bits per heavy atom. The Balaban J connectivity index is 0.000000240. The topological polar surface area (TPSA) is 58.2 Å². The molecule has 2 atom stereocenters. The predicted molar refractivity (Wildman–Crippen MR) is 97.3 cm³/mol. The summed E-state index contributed by atoms with van der Waals surface area (Å²) in [5, 5.41) is 5.64. The Morgan fingerprint density at radius 1 is 0.667 bits per heavy atom. The van der Waals surface area contributed by atoms with Gasteiger partial charge in [0.25, 0.3) is 0 Å². The summed E-state index contributed by atoms with van der Waals surface area (Å²) in [7, 11) is 0. The second kappa shape index (κ2) is 10.2. The van der Waals surface area contributed by atoms with E-state index in [1.165, 1.54) is 13.8 Å². The van der Waals surface area contributed by atoms with Crippen LogP contribution in [0.25, 0.3) is 0 Å². The zero-order chi connectivity index (χ0) is 17.9. The highest BCUT2D eigenvalue weighted by molar-refractivity contribution is 5.73. The summed E-state index contributed by atoms with van der Waals surface area (Å²) >= 11 is 0. The highest BCUT2D eigenvalue weighted by Crippen LogP contribution is 2.11. The molecule has 0 saturated heterocycles. The second-order valence-corrected chi connectivity index (χ2v) is 5.67. The first-order valence-electron chi connectivity index (χ1n) is 8.04. The van der Waals surface area contributed by atoms with Crippen LogP contribution in [0.4, 0.5) is 0 Å².